The first kappa shape index (κ1) is 23.1. The number of rotatable bonds is 7. The Balaban J connectivity index is 1.63. The first-order valence-corrected chi connectivity index (χ1v) is 11.5. The second-order valence-corrected chi connectivity index (χ2v) is 9.34. The third-order valence-corrected chi connectivity index (χ3v) is 6.92. The van der Waals surface area contributed by atoms with Gasteiger partial charge in [0.2, 0.25) is 10.0 Å². The van der Waals surface area contributed by atoms with Gasteiger partial charge in [-0.3, -0.25) is 4.79 Å². The number of sulfonamides is 1. The van der Waals surface area contributed by atoms with Crippen molar-refractivity contribution in [2.24, 2.45) is 0 Å². The summed E-state index contributed by atoms with van der Waals surface area (Å²) in [5.74, 6) is -1.11. The van der Waals surface area contributed by atoms with Crippen molar-refractivity contribution in [3.63, 3.8) is 0 Å². The van der Waals surface area contributed by atoms with Crippen LogP contribution in [0.3, 0.4) is 0 Å². The molecule has 1 saturated heterocycles. The molecule has 0 radical (unpaired) electrons. The second-order valence-electron chi connectivity index (χ2n) is 6.96. The van der Waals surface area contributed by atoms with Crippen molar-refractivity contribution in [1.29, 1.82) is 0 Å². The number of hydrogen-bond acceptors (Lipinski definition) is 6. The monoisotopic (exact) mass is 466 g/mol. The highest BCUT2D eigenvalue weighted by Gasteiger charge is 2.26. The lowest BCUT2D eigenvalue weighted by molar-refractivity contribution is -0.119. The molecule has 1 aliphatic rings. The molecule has 0 aliphatic carbocycles. The summed E-state index contributed by atoms with van der Waals surface area (Å²) in [5, 5.41) is 2.87. The predicted molar refractivity (Wildman–Crippen MR) is 116 cm³/mol. The van der Waals surface area contributed by atoms with Gasteiger partial charge in [0.25, 0.3) is 5.91 Å². The Morgan fingerprint density at radius 3 is 2.55 bits per heavy atom. The SMILES string of the molecule is COc1ccc(Cl)cc1C(=O)OCC(=O)Nc1cccc(S(=O)(=O)N2CCCCC2)c1. The van der Waals surface area contributed by atoms with Crippen LogP contribution in [0, 0.1) is 0 Å². The van der Waals surface area contributed by atoms with Crippen LogP contribution in [-0.4, -0.2) is 51.4 Å². The van der Waals surface area contributed by atoms with E-state index in [0.717, 1.165) is 19.3 Å². The van der Waals surface area contributed by atoms with Crippen LogP contribution in [0.5, 0.6) is 5.75 Å². The van der Waals surface area contributed by atoms with Crippen LogP contribution >= 0.6 is 11.6 Å². The molecule has 2 aromatic carbocycles. The summed E-state index contributed by atoms with van der Waals surface area (Å²) in [6.45, 7) is 0.418. The molecule has 31 heavy (non-hydrogen) atoms. The maximum atomic E-state index is 12.8. The highest BCUT2D eigenvalue weighted by atomic mass is 35.5. The average molecular weight is 467 g/mol. The molecule has 1 aliphatic heterocycles. The fraction of sp³-hybridized carbons (Fsp3) is 0.333. The number of carbonyl (C=O) groups is 2. The minimum Gasteiger partial charge on any atom is -0.496 e. The van der Waals surface area contributed by atoms with Gasteiger partial charge in [0, 0.05) is 23.8 Å². The van der Waals surface area contributed by atoms with E-state index in [1.807, 2.05) is 0 Å². The molecule has 1 fully saturated rings. The first-order valence-electron chi connectivity index (χ1n) is 9.72. The van der Waals surface area contributed by atoms with Crippen LogP contribution in [0.1, 0.15) is 29.6 Å². The number of halogens is 1. The van der Waals surface area contributed by atoms with Gasteiger partial charge in [0.15, 0.2) is 6.61 Å². The molecule has 0 bridgehead atoms. The van der Waals surface area contributed by atoms with E-state index in [0.29, 0.717) is 23.8 Å². The van der Waals surface area contributed by atoms with Gasteiger partial charge in [0.1, 0.15) is 11.3 Å². The Hall–Kier alpha value is -2.62. The first-order chi connectivity index (χ1) is 14.8. The largest absolute Gasteiger partial charge is 0.496 e. The van der Waals surface area contributed by atoms with E-state index in [-0.39, 0.29) is 16.2 Å². The minimum absolute atomic E-state index is 0.0948. The summed E-state index contributed by atoms with van der Waals surface area (Å²) in [5.41, 5.74) is 0.386. The second kappa shape index (κ2) is 10.1. The zero-order valence-corrected chi connectivity index (χ0v) is 18.5. The molecule has 166 valence electrons. The molecule has 0 aromatic heterocycles. The Morgan fingerprint density at radius 1 is 1.10 bits per heavy atom. The van der Waals surface area contributed by atoms with Crippen molar-refractivity contribution in [3.8, 4) is 5.75 Å². The maximum absolute atomic E-state index is 12.8. The lowest BCUT2D eigenvalue weighted by Gasteiger charge is -2.26. The van der Waals surface area contributed by atoms with Crippen LogP contribution < -0.4 is 10.1 Å². The molecular weight excluding hydrogens is 444 g/mol. The number of benzene rings is 2. The standard InChI is InChI=1S/C21H23ClN2O6S/c1-29-19-9-8-15(22)12-18(19)21(26)30-14-20(25)23-16-6-5-7-17(13-16)31(27,28)24-10-3-2-4-11-24/h5-9,12-13H,2-4,10-11,14H2,1H3,(H,23,25). The summed E-state index contributed by atoms with van der Waals surface area (Å²) in [6.07, 6.45) is 2.68. The zero-order valence-electron chi connectivity index (χ0n) is 17.0. The van der Waals surface area contributed by atoms with Crippen molar-refractivity contribution in [1.82, 2.24) is 4.31 Å². The third kappa shape index (κ3) is 5.75. The summed E-state index contributed by atoms with van der Waals surface area (Å²) < 4.78 is 37.2. The normalized spacial score (nSPS) is 14.6. The van der Waals surface area contributed by atoms with Crippen LogP contribution in [-0.2, 0) is 19.6 Å². The predicted octanol–water partition coefficient (Wildman–Crippen LogP) is 3.32. The van der Waals surface area contributed by atoms with Gasteiger partial charge in [-0.05, 0) is 49.2 Å². The number of carbonyl (C=O) groups excluding carboxylic acids is 2. The average Bonchev–Trinajstić information content (AvgIpc) is 2.78. The Morgan fingerprint density at radius 2 is 1.84 bits per heavy atom. The van der Waals surface area contributed by atoms with Gasteiger partial charge in [0.05, 0.1) is 12.0 Å². The van der Waals surface area contributed by atoms with E-state index < -0.39 is 28.5 Å². The molecular formula is C21H23ClN2O6S. The highest BCUT2D eigenvalue weighted by Crippen LogP contribution is 2.24. The highest BCUT2D eigenvalue weighted by molar-refractivity contribution is 7.89. The maximum Gasteiger partial charge on any atom is 0.342 e. The number of ether oxygens (including phenoxy) is 2. The minimum atomic E-state index is -3.62. The number of nitrogens with one attached hydrogen (secondary N) is 1. The number of methoxy groups -OCH3 is 1. The summed E-state index contributed by atoms with van der Waals surface area (Å²) in [4.78, 5) is 24.6. The fourth-order valence-corrected chi connectivity index (χ4v) is 4.97. The summed E-state index contributed by atoms with van der Waals surface area (Å²) in [7, 11) is -2.22. The number of piperidine rings is 1. The van der Waals surface area contributed by atoms with E-state index in [4.69, 9.17) is 21.1 Å². The van der Waals surface area contributed by atoms with Crippen molar-refractivity contribution in [3.05, 3.63) is 53.1 Å². The molecule has 1 amide bonds. The topological polar surface area (TPSA) is 102 Å². The lowest BCUT2D eigenvalue weighted by atomic mass is 10.2. The van der Waals surface area contributed by atoms with Crippen molar-refractivity contribution in [2.45, 2.75) is 24.2 Å². The van der Waals surface area contributed by atoms with E-state index >= 15 is 0 Å². The summed E-state index contributed by atoms with van der Waals surface area (Å²) >= 11 is 5.90. The molecule has 1 heterocycles. The Kier molecular flexibility index (Phi) is 7.53. The molecule has 3 rings (SSSR count). The van der Waals surface area contributed by atoms with Crippen LogP contribution in [0.15, 0.2) is 47.4 Å². The van der Waals surface area contributed by atoms with Crippen LogP contribution in [0.4, 0.5) is 5.69 Å². The molecule has 0 atom stereocenters. The van der Waals surface area contributed by atoms with Gasteiger partial charge in [-0.1, -0.05) is 24.1 Å². The Bertz CT molecular complexity index is 1070. The third-order valence-electron chi connectivity index (χ3n) is 4.79. The number of esters is 1. The van der Waals surface area contributed by atoms with E-state index in [1.165, 1.54) is 35.7 Å². The van der Waals surface area contributed by atoms with Crippen molar-refractivity contribution < 1.29 is 27.5 Å². The number of anilines is 1. The number of hydrogen-bond donors (Lipinski definition) is 1. The number of amides is 1. The Labute approximate surface area is 186 Å². The molecule has 0 saturated carbocycles. The molecule has 1 N–H and O–H groups in total. The molecule has 0 unspecified atom stereocenters. The van der Waals surface area contributed by atoms with E-state index in [2.05, 4.69) is 5.32 Å². The van der Waals surface area contributed by atoms with Crippen molar-refractivity contribution >= 4 is 39.2 Å². The van der Waals surface area contributed by atoms with Gasteiger partial charge in [-0.2, -0.15) is 4.31 Å². The van der Waals surface area contributed by atoms with Crippen LogP contribution in [0.2, 0.25) is 5.02 Å². The number of nitrogens with zero attached hydrogens (tertiary/aromatic N) is 1. The van der Waals surface area contributed by atoms with Crippen LogP contribution in [0.25, 0.3) is 0 Å². The fourth-order valence-electron chi connectivity index (χ4n) is 3.23. The molecule has 2 aromatic rings. The van der Waals surface area contributed by atoms with Gasteiger partial charge < -0.3 is 14.8 Å². The van der Waals surface area contributed by atoms with Crippen molar-refractivity contribution in [2.75, 3.05) is 32.1 Å². The zero-order chi connectivity index (χ0) is 22.4. The molecule has 10 heteroatoms. The lowest BCUT2D eigenvalue weighted by Crippen LogP contribution is -2.35. The van der Waals surface area contributed by atoms with Gasteiger partial charge in [-0.25, -0.2) is 13.2 Å². The van der Waals surface area contributed by atoms with E-state index in [9.17, 15) is 18.0 Å². The quantitative estimate of drug-likeness (QED) is 0.628. The smallest absolute Gasteiger partial charge is 0.342 e. The van der Waals surface area contributed by atoms with E-state index in [1.54, 1.807) is 18.2 Å². The molecule has 0 spiro atoms. The van der Waals surface area contributed by atoms with Gasteiger partial charge in [-0.15, -0.1) is 0 Å². The molecule has 8 nitrogen and oxygen atoms in total. The van der Waals surface area contributed by atoms with Gasteiger partial charge >= 0.3 is 5.97 Å². The summed E-state index contributed by atoms with van der Waals surface area (Å²) in [6, 6.07) is 10.5.